The maximum Gasteiger partial charge on any atom is 0.140 e. The molecule has 4 rings (SSSR count). The molecule has 144 valence electrons. The minimum absolute atomic E-state index is 0.515. The second-order valence-corrected chi connectivity index (χ2v) is 7.73. The first-order valence-corrected chi connectivity index (χ1v) is 10.4. The Morgan fingerprint density at radius 3 is 2.86 bits per heavy atom. The summed E-state index contributed by atoms with van der Waals surface area (Å²) in [7, 11) is 0. The molecule has 2 heterocycles. The molecule has 0 unspecified atom stereocenters. The molecule has 0 saturated carbocycles. The van der Waals surface area contributed by atoms with Gasteiger partial charge in [-0.1, -0.05) is 29.8 Å². The summed E-state index contributed by atoms with van der Waals surface area (Å²) in [5.74, 6) is 0.882. The van der Waals surface area contributed by atoms with E-state index in [2.05, 4.69) is 56.4 Å². The van der Waals surface area contributed by atoms with Crippen molar-refractivity contribution in [2.45, 2.75) is 33.0 Å². The number of ether oxygens (including phenoxy) is 1. The summed E-state index contributed by atoms with van der Waals surface area (Å²) in [5.41, 5.74) is 4.55. The van der Waals surface area contributed by atoms with Crippen LogP contribution in [0.25, 0.3) is 11.0 Å². The number of rotatable bonds is 9. The topological polar surface area (TPSA) is 52.0 Å². The van der Waals surface area contributed by atoms with E-state index in [4.69, 9.17) is 4.74 Å². The van der Waals surface area contributed by atoms with Crippen molar-refractivity contribution in [2.75, 3.05) is 6.54 Å². The molecule has 0 spiro atoms. The molecule has 0 fully saturated rings. The standard InChI is InChI=1S/C22H24N4OS/c1-17-7-9-19(10-8-17)27-14-22-25-18(15-28-22)13-23-11-4-12-26-16-24-20-5-2-3-6-21(20)26/h2-3,5-10,15-16,23H,4,11-14H2,1H3. The van der Waals surface area contributed by atoms with Crippen molar-refractivity contribution in [2.24, 2.45) is 0 Å². The van der Waals surface area contributed by atoms with E-state index in [1.807, 2.05) is 30.6 Å². The average Bonchev–Trinajstić information content (AvgIpc) is 3.34. The van der Waals surface area contributed by atoms with Crippen LogP contribution in [0.1, 0.15) is 22.7 Å². The van der Waals surface area contributed by atoms with Gasteiger partial charge in [-0.25, -0.2) is 9.97 Å². The average molecular weight is 393 g/mol. The largest absolute Gasteiger partial charge is 0.486 e. The van der Waals surface area contributed by atoms with E-state index < -0.39 is 0 Å². The van der Waals surface area contributed by atoms with Crippen LogP contribution < -0.4 is 10.1 Å². The Labute approximate surface area is 169 Å². The zero-order valence-electron chi connectivity index (χ0n) is 16.0. The zero-order valence-corrected chi connectivity index (χ0v) is 16.8. The summed E-state index contributed by atoms with van der Waals surface area (Å²) < 4.78 is 8.01. The highest BCUT2D eigenvalue weighted by Gasteiger charge is 2.04. The summed E-state index contributed by atoms with van der Waals surface area (Å²) in [6, 6.07) is 16.3. The van der Waals surface area contributed by atoms with Crippen molar-refractivity contribution in [1.82, 2.24) is 19.9 Å². The Hall–Kier alpha value is -2.70. The highest BCUT2D eigenvalue weighted by molar-refractivity contribution is 7.09. The maximum atomic E-state index is 5.80. The molecule has 0 aliphatic heterocycles. The lowest BCUT2D eigenvalue weighted by molar-refractivity contribution is 0.305. The third-order valence-corrected chi connectivity index (χ3v) is 5.44. The van der Waals surface area contributed by atoms with Crippen molar-refractivity contribution < 1.29 is 4.74 Å². The van der Waals surface area contributed by atoms with Crippen LogP contribution in [0.5, 0.6) is 5.75 Å². The fourth-order valence-corrected chi connectivity index (χ4v) is 3.76. The van der Waals surface area contributed by atoms with Crippen molar-refractivity contribution >= 4 is 22.4 Å². The van der Waals surface area contributed by atoms with Crippen LogP contribution >= 0.6 is 11.3 Å². The molecular weight excluding hydrogens is 368 g/mol. The van der Waals surface area contributed by atoms with E-state index in [9.17, 15) is 0 Å². The van der Waals surface area contributed by atoms with Gasteiger partial charge in [-0.3, -0.25) is 0 Å². The summed E-state index contributed by atoms with van der Waals surface area (Å²) >= 11 is 1.65. The molecule has 2 aromatic heterocycles. The molecule has 5 nitrogen and oxygen atoms in total. The lowest BCUT2D eigenvalue weighted by atomic mass is 10.2. The number of benzene rings is 2. The van der Waals surface area contributed by atoms with Crippen molar-refractivity contribution in [3.8, 4) is 5.75 Å². The molecule has 0 amide bonds. The molecule has 28 heavy (non-hydrogen) atoms. The van der Waals surface area contributed by atoms with E-state index in [0.717, 1.165) is 48.0 Å². The van der Waals surface area contributed by atoms with Gasteiger partial charge in [0.05, 0.1) is 23.1 Å². The number of hydrogen-bond donors (Lipinski definition) is 1. The van der Waals surface area contributed by atoms with E-state index in [-0.39, 0.29) is 0 Å². The second-order valence-electron chi connectivity index (χ2n) is 6.79. The van der Waals surface area contributed by atoms with Gasteiger partial charge in [-0.05, 0) is 44.2 Å². The Balaban J connectivity index is 1.18. The molecule has 0 radical (unpaired) electrons. The minimum atomic E-state index is 0.515. The zero-order chi connectivity index (χ0) is 19.2. The number of aromatic nitrogens is 3. The van der Waals surface area contributed by atoms with E-state index >= 15 is 0 Å². The van der Waals surface area contributed by atoms with Crippen LogP contribution in [0, 0.1) is 6.92 Å². The van der Waals surface area contributed by atoms with Crippen LogP contribution in [0.4, 0.5) is 0 Å². The summed E-state index contributed by atoms with van der Waals surface area (Å²) in [5, 5.41) is 6.58. The van der Waals surface area contributed by atoms with Gasteiger partial charge in [0, 0.05) is 18.5 Å². The summed E-state index contributed by atoms with van der Waals surface area (Å²) in [6.07, 6.45) is 2.97. The number of nitrogens with one attached hydrogen (secondary N) is 1. The molecule has 4 aromatic rings. The van der Waals surface area contributed by atoms with Gasteiger partial charge in [0.25, 0.3) is 0 Å². The first-order chi connectivity index (χ1) is 13.8. The highest BCUT2D eigenvalue weighted by atomic mass is 32.1. The van der Waals surface area contributed by atoms with Crippen LogP contribution in [0.3, 0.4) is 0 Å². The number of para-hydroxylation sites is 2. The minimum Gasteiger partial charge on any atom is -0.486 e. The van der Waals surface area contributed by atoms with E-state index in [1.165, 1.54) is 11.1 Å². The summed E-state index contributed by atoms with van der Waals surface area (Å²) in [4.78, 5) is 9.08. The Morgan fingerprint density at radius 2 is 1.96 bits per heavy atom. The molecule has 0 aliphatic carbocycles. The number of aryl methyl sites for hydroxylation is 2. The smallest absolute Gasteiger partial charge is 0.140 e. The number of hydrogen-bond acceptors (Lipinski definition) is 5. The molecule has 2 aromatic carbocycles. The maximum absolute atomic E-state index is 5.80. The third-order valence-electron chi connectivity index (χ3n) is 4.57. The number of thiazole rings is 1. The van der Waals surface area contributed by atoms with Crippen molar-refractivity contribution in [1.29, 1.82) is 0 Å². The molecule has 6 heteroatoms. The van der Waals surface area contributed by atoms with Gasteiger partial charge in [0.1, 0.15) is 17.4 Å². The van der Waals surface area contributed by atoms with Gasteiger partial charge in [0.2, 0.25) is 0 Å². The van der Waals surface area contributed by atoms with Crippen molar-refractivity contribution in [3.63, 3.8) is 0 Å². The second kappa shape index (κ2) is 8.99. The van der Waals surface area contributed by atoms with Gasteiger partial charge < -0.3 is 14.6 Å². The van der Waals surface area contributed by atoms with E-state index in [1.54, 1.807) is 11.3 Å². The first-order valence-electron chi connectivity index (χ1n) is 9.51. The lowest BCUT2D eigenvalue weighted by Gasteiger charge is -2.05. The SMILES string of the molecule is Cc1ccc(OCc2nc(CNCCCn3cnc4ccccc43)cs2)cc1. The molecule has 0 bridgehead atoms. The van der Waals surface area contributed by atoms with Gasteiger partial charge >= 0.3 is 0 Å². The fraction of sp³-hybridized carbons (Fsp3) is 0.273. The van der Waals surface area contributed by atoms with E-state index in [0.29, 0.717) is 6.61 Å². The predicted molar refractivity (Wildman–Crippen MR) is 114 cm³/mol. The Bertz CT molecular complexity index is 1020. The molecule has 1 N–H and O–H groups in total. The number of fused-ring (bicyclic) bond motifs is 1. The van der Waals surface area contributed by atoms with Gasteiger partial charge in [0.15, 0.2) is 0 Å². The van der Waals surface area contributed by atoms with Crippen LogP contribution in [-0.4, -0.2) is 21.1 Å². The number of imidazole rings is 1. The van der Waals surface area contributed by atoms with Gasteiger partial charge in [-0.2, -0.15) is 0 Å². The van der Waals surface area contributed by atoms with Gasteiger partial charge in [-0.15, -0.1) is 11.3 Å². The molecule has 0 atom stereocenters. The molecule has 0 saturated heterocycles. The Kier molecular flexibility index (Phi) is 5.99. The van der Waals surface area contributed by atoms with Crippen LogP contribution in [0.2, 0.25) is 0 Å². The molecule has 0 aliphatic rings. The van der Waals surface area contributed by atoms with Crippen LogP contribution in [0.15, 0.2) is 60.2 Å². The quantitative estimate of drug-likeness (QED) is 0.424. The predicted octanol–water partition coefficient (Wildman–Crippen LogP) is 4.56. The normalized spacial score (nSPS) is 11.2. The third kappa shape index (κ3) is 4.77. The molecular formula is C22H24N4OS. The van der Waals surface area contributed by atoms with Crippen molar-refractivity contribution in [3.05, 3.63) is 76.5 Å². The monoisotopic (exact) mass is 392 g/mol. The highest BCUT2D eigenvalue weighted by Crippen LogP contribution is 2.16. The number of nitrogens with zero attached hydrogens (tertiary/aromatic N) is 3. The fourth-order valence-electron chi connectivity index (χ4n) is 3.06. The first kappa shape index (κ1) is 18.7. The Morgan fingerprint density at radius 1 is 1.11 bits per heavy atom. The van der Waals surface area contributed by atoms with Crippen LogP contribution in [-0.2, 0) is 19.7 Å². The summed E-state index contributed by atoms with van der Waals surface area (Å²) in [6.45, 7) is 5.27. The lowest BCUT2D eigenvalue weighted by Crippen LogP contribution is -2.16.